The highest BCUT2D eigenvalue weighted by Gasteiger charge is 2.07. The lowest BCUT2D eigenvalue weighted by Crippen LogP contribution is -2.38. The first kappa shape index (κ1) is 19.9. The number of nitrogens with one attached hydrogen (secondary N) is 2. The van der Waals surface area contributed by atoms with Crippen LogP contribution < -0.4 is 25.7 Å². The second-order valence-corrected chi connectivity index (χ2v) is 5.89. The van der Waals surface area contributed by atoms with Crippen LogP contribution >= 0.6 is 0 Å². The summed E-state index contributed by atoms with van der Waals surface area (Å²) in [5, 5.41) is 13.6. The minimum atomic E-state index is -0.361. The van der Waals surface area contributed by atoms with Crippen LogP contribution in [0.5, 0.6) is 11.5 Å². The SMILES string of the molecule is COc1ccc(CNC(=O)NCCn2nc(-n3cncn3)ccc2=O)cc1OC. The molecule has 0 aliphatic heterocycles. The number of nitrogens with zero attached hydrogens (tertiary/aromatic N) is 5. The first-order chi connectivity index (χ1) is 14.1. The van der Waals surface area contributed by atoms with Gasteiger partial charge in [0.25, 0.3) is 5.56 Å². The molecule has 0 aliphatic rings. The predicted molar refractivity (Wildman–Crippen MR) is 103 cm³/mol. The van der Waals surface area contributed by atoms with Gasteiger partial charge in [0, 0.05) is 19.2 Å². The number of carbonyl (C=O) groups is 1. The molecule has 2 aromatic heterocycles. The third kappa shape index (κ3) is 5.09. The lowest BCUT2D eigenvalue weighted by Gasteiger charge is -2.11. The molecule has 0 spiro atoms. The summed E-state index contributed by atoms with van der Waals surface area (Å²) in [6.45, 7) is 0.753. The van der Waals surface area contributed by atoms with Gasteiger partial charge in [0.1, 0.15) is 12.7 Å². The van der Waals surface area contributed by atoms with Gasteiger partial charge < -0.3 is 20.1 Å². The van der Waals surface area contributed by atoms with Crippen LogP contribution in [0, 0.1) is 0 Å². The fourth-order valence-electron chi connectivity index (χ4n) is 2.56. The van der Waals surface area contributed by atoms with Gasteiger partial charge in [-0.25, -0.2) is 19.1 Å². The zero-order chi connectivity index (χ0) is 20.6. The van der Waals surface area contributed by atoms with Gasteiger partial charge in [0.05, 0.1) is 20.8 Å². The molecule has 11 nitrogen and oxygen atoms in total. The Kier molecular flexibility index (Phi) is 6.40. The van der Waals surface area contributed by atoms with Gasteiger partial charge in [-0.2, -0.15) is 5.10 Å². The largest absolute Gasteiger partial charge is 0.493 e. The lowest BCUT2D eigenvalue weighted by molar-refractivity contribution is 0.240. The minimum absolute atomic E-state index is 0.213. The highest BCUT2D eigenvalue weighted by atomic mass is 16.5. The third-order valence-corrected chi connectivity index (χ3v) is 4.02. The van der Waals surface area contributed by atoms with E-state index in [0.717, 1.165) is 5.56 Å². The van der Waals surface area contributed by atoms with Gasteiger partial charge in [0.15, 0.2) is 17.3 Å². The van der Waals surface area contributed by atoms with E-state index in [9.17, 15) is 9.59 Å². The number of methoxy groups -OCH3 is 2. The summed E-state index contributed by atoms with van der Waals surface area (Å²) in [5.74, 6) is 1.66. The molecule has 0 saturated carbocycles. The average molecular weight is 399 g/mol. The van der Waals surface area contributed by atoms with E-state index in [1.54, 1.807) is 32.4 Å². The highest BCUT2D eigenvalue weighted by molar-refractivity contribution is 5.73. The number of rotatable bonds is 8. The van der Waals surface area contributed by atoms with Crippen molar-refractivity contribution in [2.75, 3.05) is 20.8 Å². The summed E-state index contributed by atoms with van der Waals surface area (Å²) < 4.78 is 13.1. The Morgan fingerprint density at radius 3 is 2.66 bits per heavy atom. The Balaban J connectivity index is 1.50. The Bertz CT molecular complexity index is 1020. The zero-order valence-electron chi connectivity index (χ0n) is 16.0. The Morgan fingerprint density at radius 2 is 1.93 bits per heavy atom. The first-order valence-corrected chi connectivity index (χ1v) is 8.76. The van der Waals surface area contributed by atoms with Gasteiger partial charge >= 0.3 is 6.03 Å². The van der Waals surface area contributed by atoms with Gasteiger partial charge in [-0.1, -0.05) is 6.07 Å². The molecule has 2 amide bonds. The quantitative estimate of drug-likeness (QED) is 0.559. The van der Waals surface area contributed by atoms with Crippen molar-refractivity contribution in [3.8, 4) is 17.3 Å². The van der Waals surface area contributed by atoms with E-state index in [1.807, 2.05) is 6.07 Å². The first-order valence-electron chi connectivity index (χ1n) is 8.76. The van der Waals surface area contributed by atoms with Crippen molar-refractivity contribution >= 4 is 6.03 Å². The Hall–Kier alpha value is -3.89. The molecule has 29 heavy (non-hydrogen) atoms. The topological polar surface area (TPSA) is 125 Å². The average Bonchev–Trinajstić information content (AvgIpc) is 3.28. The number of urea groups is 1. The molecular weight excluding hydrogens is 378 g/mol. The van der Waals surface area contributed by atoms with Crippen molar-refractivity contribution in [1.29, 1.82) is 0 Å². The molecule has 2 N–H and O–H groups in total. The van der Waals surface area contributed by atoms with E-state index >= 15 is 0 Å². The molecule has 2 heterocycles. The molecule has 11 heteroatoms. The highest BCUT2D eigenvalue weighted by Crippen LogP contribution is 2.27. The van der Waals surface area contributed by atoms with Gasteiger partial charge in [-0.3, -0.25) is 4.79 Å². The van der Waals surface area contributed by atoms with E-state index in [4.69, 9.17) is 9.47 Å². The molecule has 3 rings (SSSR count). The van der Waals surface area contributed by atoms with Crippen molar-refractivity contribution in [2.24, 2.45) is 0 Å². The summed E-state index contributed by atoms with van der Waals surface area (Å²) in [6.07, 6.45) is 2.86. The van der Waals surface area contributed by atoms with Crippen LogP contribution in [0.3, 0.4) is 0 Å². The molecule has 0 fully saturated rings. The van der Waals surface area contributed by atoms with Gasteiger partial charge in [0.2, 0.25) is 0 Å². The van der Waals surface area contributed by atoms with E-state index in [0.29, 0.717) is 23.9 Å². The van der Waals surface area contributed by atoms with Gasteiger partial charge in [-0.05, 0) is 23.8 Å². The summed E-state index contributed by atoms with van der Waals surface area (Å²) in [7, 11) is 3.11. The van der Waals surface area contributed by atoms with Crippen LogP contribution in [0.1, 0.15) is 5.56 Å². The Morgan fingerprint density at radius 1 is 1.10 bits per heavy atom. The molecule has 0 unspecified atom stereocenters. The smallest absolute Gasteiger partial charge is 0.315 e. The monoisotopic (exact) mass is 399 g/mol. The molecule has 0 aliphatic carbocycles. The van der Waals surface area contributed by atoms with Crippen LogP contribution in [0.2, 0.25) is 0 Å². The summed E-state index contributed by atoms with van der Waals surface area (Å²) in [5.41, 5.74) is 0.581. The summed E-state index contributed by atoms with van der Waals surface area (Å²) >= 11 is 0. The van der Waals surface area contributed by atoms with E-state index in [1.165, 1.54) is 28.1 Å². The molecule has 3 aromatic rings. The predicted octanol–water partition coefficient (Wildman–Crippen LogP) is 0.341. The number of hydrogen-bond acceptors (Lipinski definition) is 7. The van der Waals surface area contributed by atoms with Crippen molar-refractivity contribution in [3.63, 3.8) is 0 Å². The third-order valence-electron chi connectivity index (χ3n) is 4.02. The lowest BCUT2D eigenvalue weighted by atomic mass is 10.2. The van der Waals surface area contributed by atoms with E-state index in [2.05, 4.69) is 25.8 Å². The maximum absolute atomic E-state index is 12.0. The summed E-state index contributed by atoms with van der Waals surface area (Å²) in [6, 6.07) is 7.98. The molecule has 1 aromatic carbocycles. The van der Waals surface area contributed by atoms with Crippen LogP contribution in [-0.2, 0) is 13.1 Å². The normalized spacial score (nSPS) is 10.4. The number of carbonyl (C=O) groups excluding carboxylic acids is 1. The molecular formula is C18H21N7O4. The maximum Gasteiger partial charge on any atom is 0.315 e. The van der Waals surface area contributed by atoms with Crippen LogP contribution in [0.4, 0.5) is 4.79 Å². The standard InChI is InChI=1S/C18H21N7O4/c1-28-14-4-3-13(9-15(14)29-2)10-21-18(27)20-7-8-24-17(26)6-5-16(23-24)25-12-19-11-22-25/h3-6,9,11-12H,7-8,10H2,1-2H3,(H2,20,21,27). The van der Waals surface area contributed by atoms with Crippen LogP contribution in [-0.4, -0.2) is 51.3 Å². The zero-order valence-corrected chi connectivity index (χ0v) is 16.0. The molecule has 0 radical (unpaired) electrons. The number of benzene rings is 1. The van der Waals surface area contributed by atoms with Crippen molar-refractivity contribution in [1.82, 2.24) is 35.2 Å². The number of aromatic nitrogens is 5. The van der Waals surface area contributed by atoms with Gasteiger partial charge in [-0.15, -0.1) is 5.10 Å². The van der Waals surface area contributed by atoms with Crippen molar-refractivity contribution in [3.05, 3.63) is 58.9 Å². The molecule has 0 atom stereocenters. The minimum Gasteiger partial charge on any atom is -0.493 e. The number of hydrogen-bond donors (Lipinski definition) is 2. The summed E-state index contributed by atoms with van der Waals surface area (Å²) in [4.78, 5) is 27.8. The number of ether oxygens (including phenoxy) is 2. The fraction of sp³-hybridized carbons (Fsp3) is 0.278. The second kappa shape index (κ2) is 9.35. The van der Waals surface area contributed by atoms with Crippen molar-refractivity contribution in [2.45, 2.75) is 13.1 Å². The Labute approximate surface area is 166 Å². The number of amides is 2. The molecule has 152 valence electrons. The fourth-order valence-corrected chi connectivity index (χ4v) is 2.56. The van der Waals surface area contributed by atoms with E-state index in [-0.39, 0.29) is 24.7 Å². The van der Waals surface area contributed by atoms with Crippen LogP contribution in [0.15, 0.2) is 47.8 Å². The van der Waals surface area contributed by atoms with Crippen LogP contribution in [0.25, 0.3) is 5.82 Å². The molecule has 0 saturated heterocycles. The second-order valence-electron chi connectivity index (χ2n) is 5.89. The molecule has 0 bridgehead atoms. The maximum atomic E-state index is 12.0. The van der Waals surface area contributed by atoms with Crippen molar-refractivity contribution < 1.29 is 14.3 Å². The van der Waals surface area contributed by atoms with E-state index < -0.39 is 0 Å².